The highest BCUT2D eigenvalue weighted by Crippen LogP contribution is 2.38. The Morgan fingerprint density at radius 1 is 1.19 bits per heavy atom. The molecule has 1 amide bonds. The number of hydrogen-bond acceptors (Lipinski definition) is 7. The van der Waals surface area contributed by atoms with Crippen LogP contribution in [0.1, 0.15) is 18.5 Å². The molecule has 5 heterocycles. The average Bonchev–Trinajstić information content (AvgIpc) is 3.31. The highest BCUT2D eigenvalue weighted by molar-refractivity contribution is 5.80. The number of amides is 1. The molecule has 0 radical (unpaired) electrons. The number of piperazine rings is 1. The largest absolute Gasteiger partial charge is 0.495 e. The van der Waals surface area contributed by atoms with Crippen LogP contribution in [0.4, 0.5) is 5.69 Å². The van der Waals surface area contributed by atoms with Crippen LogP contribution in [0.15, 0.2) is 30.5 Å². The summed E-state index contributed by atoms with van der Waals surface area (Å²) in [5.41, 5.74) is 1.70. The molecule has 0 spiro atoms. The van der Waals surface area contributed by atoms with Crippen LogP contribution >= 0.6 is 0 Å². The number of carbonyl (C=O) groups excluding carboxylic acids is 1. The molecule has 4 fully saturated rings. The summed E-state index contributed by atoms with van der Waals surface area (Å²) in [5, 5.41) is 17.3. The number of carbonyl (C=O) groups is 1. The minimum absolute atomic E-state index is 0.0854. The number of rotatable bonds is 6. The molecule has 4 aliphatic rings. The quantitative estimate of drug-likeness (QED) is 0.712. The van der Waals surface area contributed by atoms with Gasteiger partial charge in [-0.15, -0.1) is 5.10 Å². The third-order valence-electron chi connectivity index (χ3n) is 7.36. The van der Waals surface area contributed by atoms with Gasteiger partial charge >= 0.3 is 0 Å². The Balaban J connectivity index is 1.17. The van der Waals surface area contributed by atoms with E-state index < -0.39 is 0 Å². The Hall–Kier alpha value is -2.65. The number of benzene rings is 1. The van der Waals surface area contributed by atoms with E-state index in [9.17, 15) is 9.90 Å². The van der Waals surface area contributed by atoms with Gasteiger partial charge in [0.15, 0.2) is 0 Å². The van der Waals surface area contributed by atoms with E-state index in [0.29, 0.717) is 23.6 Å². The molecule has 0 aliphatic carbocycles. The Bertz CT molecular complexity index is 941. The predicted molar refractivity (Wildman–Crippen MR) is 119 cm³/mol. The summed E-state index contributed by atoms with van der Waals surface area (Å²) < 4.78 is 7.34. The molecular weight excluding hydrogens is 408 g/mol. The molecule has 32 heavy (non-hydrogen) atoms. The smallest absolute Gasteiger partial charge is 0.227 e. The van der Waals surface area contributed by atoms with E-state index >= 15 is 0 Å². The van der Waals surface area contributed by atoms with E-state index in [-0.39, 0.29) is 12.5 Å². The molecule has 1 aromatic heterocycles. The van der Waals surface area contributed by atoms with Crippen LogP contribution < -0.4 is 9.64 Å². The lowest BCUT2D eigenvalue weighted by Crippen LogP contribution is -2.60. The molecule has 4 atom stereocenters. The molecule has 172 valence electrons. The van der Waals surface area contributed by atoms with Crippen molar-refractivity contribution in [2.24, 2.45) is 11.8 Å². The lowest BCUT2D eigenvalue weighted by molar-refractivity contribution is -0.144. The lowest BCUT2D eigenvalue weighted by atomic mass is 9.75. The van der Waals surface area contributed by atoms with Crippen LogP contribution in [0, 0.1) is 11.8 Å². The van der Waals surface area contributed by atoms with Gasteiger partial charge in [-0.05, 0) is 37.4 Å². The second-order valence-electron chi connectivity index (χ2n) is 9.11. The molecule has 1 N–H and O–H groups in total. The van der Waals surface area contributed by atoms with E-state index in [0.717, 1.165) is 70.1 Å². The molecule has 4 unspecified atom stereocenters. The normalized spacial score (nSPS) is 27.6. The summed E-state index contributed by atoms with van der Waals surface area (Å²) in [7, 11) is 1.70. The number of fused-ring (bicyclic) bond motifs is 3. The summed E-state index contributed by atoms with van der Waals surface area (Å²) in [4.78, 5) is 20.3. The summed E-state index contributed by atoms with van der Waals surface area (Å²) in [6, 6.07) is 8.47. The first-order chi connectivity index (χ1) is 15.7. The number of nitrogens with zero attached hydrogens (tertiary/aromatic N) is 6. The van der Waals surface area contributed by atoms with Crippen molar-refractivity contribution in [2.75, 3.05) is 51.3 Å². The van der Waals surface area contributed by atoms with Gasteiger partial charge in [-0.2, -0.15) is 0 Å². The molecule has 9 nitrogen and oxygen atoms in total. The van der Waals surface area contributed by atoms with Crippen molar-refractivity contribution in [1.29, 1.82) is 0 Å². The molecule has 9 heteroatoms. The third kappa shape index (κ3) is 4.06. The number of ether oxygens (including phenoxy) is 1. The van der Waals surface area contributed by atoms with Crippen LogP contribution in [0.3, 0.4) is 0 Å². The molecule has 1 aromatic carbocycles. The van der Waals surface area contributed by atoms with Crippen molar-refractivity contribution in [3.05, 3.63) is 36.2 Å². The molecule has 4 aliphatic heterocycles. The second-order valence-corrected chi connectivity index (χ2v) is 9.11. The average molecular weight is 441 g/mol. The van der Waals surface area contributed by atoms with Gasteiger partial charge in [-0.3, -0.25) is 14.4 Å². The van der Waals surface area contributed by atoms with Crippen LogP contribution in [-0.4, -0.2) is 88.2 Å². The molecule has 4 saturated heterocycles. The van der Waals surface area contributed by atoms with Gasteiger partial charge in [0.25, 0.3) is 0 Å². The van der Waals surface area contributed by atoms with E-state index in [4.69, 9.17) is 4.74 Å². The van der Waals surface area contributed by atoms with Crippen molar-refractivity contribution in [3.63, 3.8) is 0 Å². The van der Waals surface area contributed by atoms with Gasteiger partial charge in [0.1, 0.15) is 11.4 Å². The molecule has 6 rings (SSSR count). The number of aliphatic hydroxyl groups is 1. The third-order valence-corrected chi connectivity index (χ3v) is 7.36. The van der Waals surface area contributed by atoms with Gasteiger partial charge in [-0.1, -0.05) is 17.3 Å². The first-order valence-electron chi connectivity index (χ1n) is 11.6. The topological polar surface area (TPSA) is 87.0 Å². The van der Waals surface area contributed by atoms with E-state index in [1.165, 1.54) is 0 Å². The summed E-state index contributed by atoms with van der Waals surface area (Å²) >= 11 is 0. The maximum absolute atomic E-state index is 13.4. The van der Waals surface area contributed by atoms with Crippen molar-refractivity contribution in [3.8, 4) is 5.75 Å². The van der Waals surface area contributed by atoms with Gasteiger partial charge in [0.05, 0.1) is 38.1 Å². The summed E-state index contributed by atoms with van der Waals surface area (Å²) in [6.45, 7) is 5.73. The monoisotopic (exact) mass is 440 g/mol. The fraction of sp³-hybridized carbons (Fsp3) is 0.609. The molecule has 2 bridgehead atoms. The van der Waals surface area contributed by atoms with Crippen LogP contribution in [0.2, 0.25) is 0 Å². The first-order valence-corrected chi connectivity index (χ1v) is 11.6. The molecular formula is C23H32N6O3. The van der Waals surface area contributed by atoms with Crippen molar-refractivity contribution < 1.29 is 14.6 Å². The Labute approximate surface area is 188 Å². The van der Waals surface area contributed by atoms with Crippen LogP contribution in [0.5, 0.6) is 5.75 Å². The van der Waals surface area contributed by atoms with E-state index in [2.05, 4.69) is 31.1 Å². The van der Waals surface area contributed by atoms with Gasteiger partial charge in [-0.25, -0.2) is 0 Å². The van der Waals surface area contributed by atoms with Gasteiger partial charge in [0.2, 0.25) is 5.91 Å². The standard InChI is InChI=1S/C23H32N6O3/c1-32-22-5-3-2-4-21(22)26-8-10-27(11-9-26)23(31)20-15-28-7-6-17(20)12-19(28)14-29-13-18(16-30)24-25-29/h2-5,13,17,19-20,30H,6-12,14-16H2,1H3. The zero-order chi connectivity index (χ0) is 22.1. The zero-order valence-electron chi connectivity index (χ0n) is 18.6. The van der Waals surface area contributed by atoms with Crippen molar-refractivity contribution >= 4 is 11.6 Å². The number of aromatic nitrogens is 3. The fourth-order valence-corrected chi connectivity index (χ4v) is 5.62. The maximum Gasteiger partial charge on any atom is 0.227 e. The number of aliphatic hydroxyl groups excluding tert-OH is 1. The highest BCUT2D eigenvalue weighted by Gasteiger charge is 2.44. The number of anilines is 1. The van der Waals surface area contributed by atoms with Crippen molar-refractivity contribution in [2.45, 2.75) is 32.0 Å². The lowest BCUT2D eigenvalue weighted by Gasteiger charge is -2.50. The Morgan fingerprint density at radius 2 is 2.00 bits per heavy atom. The van der Waals surface area contributed by atoms with Gasteiger partial charge in [0, 0.05) is 38.8 Å². The fourth-order valence-electron chi connectivity index (χ4n) is 5.62. The number of methoxy groups -OCH3 is 1. The van der Waals surface area contributed by atoms with Crippen molar-refractivity contribution in [1.82, 2.24) is 24.8 Å². The number of piperidine rings is 3. The Kier molecular flexibility index (Phi) is 6.01. The van der Waals surface area contributed by atoms with Crippen LogP contribution in [-0.2, 0) is 17.9 Å². The number of hydrogen-bond donors (Lipinski definition) is 1. The van der Waals surface area contributed by atoms with E-state index in [1.807, 2.05) is 29.1 Å². The molecule has 2 aromatic rings. The first kappa shape index (κ1) is 21.2. The summed E-state index contributed by atoms with van der Waals surface area (Å²) in [5.74, 6) is 1.74. The van der Waals surface area contributed by atoms with E-state index in [1.54, 1.807) is 7.11 Å². The van der Waals surface area contributed by atoms with Gasteiger partial charge < -0.3 is 19.6 Å². The second kappa shape index (κ2) is 9.07. The minimum Gasteiger partial charge on any atom is -0.495 e. The Morgan fingerprint density at radius 3 is 2.69 bits per heavy atom. The predicted octanol–water partition coefficient (Wildman–Crippen LogP) is 0.838. The highest BCUT2D eigenvalue weighted by atomic mass is 16.5. The molecule has 0 saturated carbocycles. The maximum atomic E-state index is 13.4. The summed E-state index contributed by atoms with van der Waals surface area (Å²) in [6.07, 6.45) is 3.92. The zero-order valence-corrected chi connectivity index (χ0v) is 18.6. The van der Waals surface area contributed by atoms with Crippen LogP contribution in [0.25, 0.3) is 0 Å². The minimum atomic E-state index is -0.0854. The SMILES string of the molecule is COc1ccccc1N1CCN(C(=O)C2CN3CCC2CC3Cn2cc(CO)nn2)CC1. The number of para-hydroxylation sites is 2.